The molecular formula is C22H25N5O2. The Kier molecular flexibility index (Phi) is 5.46. The van der Waals surface area contributed by atoms with Crippen LogP contribution in [-0.4, -0.2) is 45.2 Å². The summed E-state index contributed by atoms with van der Waals surface area (Å²) < 4.78 is 7.83. The number of anilines is 1. The molecule has 0 radical (unpaired) electrons. The number of pyridine rings is 1. The van der Waals surface area contributed by atoms with E-state index in [-0.39, 0.29) is 12.1 Å². The molecule has 0 aliphatic carbocycles. The summed E-state index contributed by atoms with van der Waals surface area (Å²) in [6.07, 6.45) is 6.34. The first-order valence-electron chi connectivity index (χ1n) is 9.89. The zero-order chi connectivity index (χ0) is 20.2. The molecule has 3 heterocycles. The van der Waals surface area contributed by atoms with Gasteiger partial charge in [-0.25, -0.2) is 9.78 Å². The van der Waals surface area contributed by atoms with Crippen molar-refractivity contribution in [2.75, 3.05) is 25.0 Å². The van der Waals surface area contributed by atoms with E-state index in [1.54, 1.807) is 6.20 Å². The Morgan fingerprint density at radius 3 is 2.90 bits per heavy atom. The number of carbonyl (C=O) groups is 1. The van der Waals surface area contributed by atoms with Crippen LogP contribution in [0.1, 0.15) is 25.1 Å². The molecule has 1 N–H and O–H groups in total. The highest BCUT2D eigenvalue weighted by Gasteiger charge is 2.30. The number of para-hydroxylation sites is 2. The molecule has 2 aromatic heterocycles. The lowest BCUT2D eigenvalue weighted by atomic mass is 10.2. The zero-order valence-corrected chi connectivity index (χ0v) is 16.7. The van der Waals surface area contributed by atoms with Gasteiger partial charge in [-0.1, -0.05) is 12.1 Å². The van der Waals surface area contributed by atoms with Crippen molar-refractivity contribution >= 4 is 11.7 Å². The Hall–Kier alpha value is -3.35. The van der Waals surface area contributed by atoms with E-state index in [9.17, 15) is 4.79 Å². The first kappa shape index (κ1) is 19.0. The second-order valence-corrected chi connectivity index (χ2v) is 7.08. The molecule has 1 atom stereocenters. The van der Waals surface area contributed by atoms with Gasteiger partial charge in [0.05, 0.1) is 18.3 Å². The van der Waals surface area contributed by atoms with Crippen LogP contribution in [0.3, 0.4) is 0 Å². The number of imidazole rings is 1. The summed E-state index contributed by atoms with van der Waals surface area (Å²) in [4.78, 5) is 23.5. The van der Waals surface area contributed by atoms with Crippen molar-refractivity contribution in [3.05, 3.63) is 60.7 Å². The average molecular weight is 391 g/mol. The van der Waals surface area contributed by atoms with Crippen LogP contribution in [-0.2, 0) is 0 Å². The molecule has 3 aromatic rings. The topological polar surface area (TPSA) is 72.3 Å². The Labute approximate surface area is 170 Å². The standard InChI is InChI=1S/C22H25N5O2/c1-3-29-20-9-5-4-8-19(20)25-22(28)26-12-10-18(15-26)27-16(2)13-24-21(27)17-7-6-11-23-14-17/h4-9,11,13-14,18H,3,10,12,15H2,1-2H3,(H,25,28). The lowest BCUT2D eigenvalue weighted by Gasteiger charge is -2.20. The van der Waals surface area contributed by atoms with Gasteiger partial charge >= 0.3 is 6.03 Å². The minimum Gasteiger partial charge on any atom is -0.492 e. The molecule has 1 unspecified atom stereocenters. The van der Waals surface area contributed by atoms with Crippen LogP contribution >= 0.6 is 0 Å². The SMILES string of the molecule is CCOc1ccccc1NC(=O)N1CCC(n2c(C)cnc2-c2cccnc2)C1. The predicted octanol–water partition coefficient (Wildman–Crippen LogP) is 4.13. The molecule has 1 aliphatic rings. The van der Waals surface area contributed by atoms with Crippen LogP contribution in [0.2, 0.25) is 0 Å². The normalized spacial score (nSPS) is 16.1. The first-order chi connectivity index (χ1) is 14.2. The quantitative estimate of drug-likeness (QED) is 0.710. The molecular weight excluding hydrogens is 366 g/mol. The van der Waals surface area contributed by atoms with Gasteiger partial charge in [-0.3, -0.25) is 4.98 Å². The molecule has 7 heteroatoms. The highest BCUT2D eigenvalue weighted by atomic mass is 16.5. The summed E-state index contributed by atoms with van der Waals surface area (Å²) in [5.41, 5.74) is 2.75. The van der Waals surface area contributed by atoms with E-state index in [0.29, 0.717) is 31.1 Å². The van der Waals surface area contributed by atoms with Crippen molar-refractivity contribution < 1.29 is 9.53 Å². The Morgan fingerprint density at radius 1 is 1.24 bits per heavy atom. The van der Waals surface area contributed by atoms with E-state index < -0.39 is 0 Å². The number of hydrogen-bond donors (Lipinski definition) is 1. The van der Waals surface area contributed by atoms with Crippen molar-refractivity contribution in [3.8, 4) is 17.1 Å². The molecule has 29 heavy (non-hydrogen) atoms. The third-order valence-electron chi connectivity index (χ3n) is 5.15. The second-order valence-electron chi connectivity index (χ2n) is 7.08. The summed E-state index contributed by atoms with van der Waals surface area (Å²) in [6, 6.07) is 11.5. The smallest absolute Gasteiger partial charge is 0.322 e. The molecule has 0 bridgehead atoms. The maximum atomic E-state index is 12.9. The van der Waals surface area contributed by atoms with Crippen molar-refractivity contribution in [1.29, 1.82) is 0 Å². The van der Waals surface area contributed by atoms with Gasteiger partial charge in [-0.05, 0) is 44.5 Å². The van der Waals surface area contributed by atoms with E-state index in [0.717, 1.165) is 23.5 Å². The Bertz CT molecular complexity index is 986. The summed E-state index contributed by atoms with van der Waals surface area (Å²) in [5.74, 6) is 1.58. The number of carbonyl (C=O) groups excluding carboxylic acids is 1. The van der Waals surface area contributed by atoms with Crippen LogP contribution in [0, 0.1) is 6.92 Å². The third kappa shape index (κ3) is 3.94. The number of aromatic nitrogens is 3. The lowest BCUT2D eigenvalue weighted by Crippen LogP contribution is -2.33. The van der Waals surface area contributed by atoms with Gasteiger partial charge < -0.3 is 19.5 Å². The van der Waals surface area contributed by atoms with Gasteiger partial charge in [-0.2, -0.15) is 0 Å². The molecule has 1 aliphatic heterocycles. The van der Waals surface area contributed by atoms with Gasteiger partial charge in [0.2, 0.25) is 0 Å². The van der Waals surface area contributed by atoms with Crippen LogP contribution in [0.4, 0.5) is 10.5 Å². The average Bonchev–Trinajstić information content (AvgIpc) is 3.37. The molecule has 1 aromatic carbocycles. The number of nitrogens with zero attached hydrogens (tertiary/aromatic N) is 4. The number of ether oxygens (including phenoxy) is 1. The fourth-order valence-electron chi connectivity index (χ4n) is 3.80. The van der Waals surface area contributed by atoms with E-state index in [4.69, 9.17) is 4.74 Å². The molecule has 150 valence electrons. The van der Waals surface area contributed by atoms with Crippen LogP contribution in [0.25, 0.3) is 11.4 Å². The van der Waals surface area contributed by atoms with Crippen LogP contribution in [0.5, 0.6) is 5.75 Å². The summed E-state index contributed by atoms with van der Waals surface area (Å²) in [6.45, 7) is 5.85. The highest BCUT2D eigenvalue weighted by Crippen LogP contribution is 2.30. The van der Waals surface area contributed by atoms with Crippen LogP contribution in [0.15, 0.2) is 55.0 Å². The lowest BCUT2D eigenvalue weighted by molar-refractivity contribution is 0.220. The molecule has 0 spiro atoms. The molecule has 7 nitrogen and oxygen atoms in total. The largest absolute Gasteiger partial charge is 0.492 e. The molecule has 4 rings (SSSR count). The number of hydrogen-bond acceptors (Lipinski definition) is 4. The number of nitrogens with one attached hydrogen (secondary N) is 1. The number of aryl methyl sites for hydroxylation is 1. The fourth-order valence-corrected chi connectivity index (χ4v) is 3.80. The van der Waals surface area contributed by atoms with Crippen molar-refractivity contribution in [1.82, 2.24) is 19.4 Å². The predicted molar refractivity (Wildman–Crippen MR) is 112 cm³/mol. The molecule has 1 saturated heterocycles. The Morgan fingerprint density at radius 2 is 2.10 bits per heavy atom. The monoisotopic (exact) mass is 391 g/mol. The first-order valence-corrected chi connectivity index (χ1v) is 9.89. The van der Waals surface area contributed by atoms with Gasteiger partial charge in [0, 0.05) is 42.9 Å². The van der Waals surface area contributed by atoms with E-state index in [1.807, 2.05) is 67.5 Å². The third-order valence-corrected chi connectivity index (χ3v) is 5.15. The minimum atomic E-state index is -0.111. The number of benzene rings is 1. The summed E-state index contributed by atoms with van der Waals surface area (Å²) in [7, 11) is 0. The second kappa shape index (κ2) is 8.34. The Balaban J connectivity index is 1.49. The zero-order valence-electron chi connectivity index (χ0n) is 16.7. The van der Waals surface area contributed by atoms with Gasteiger partial charge in [0.1, 0.15) is 11.6 Å². The number of rotatable bonds is 5. The van der Waals surface area contributed by atoms with E-state index in [1.165, 1.54) is 0 Å². The summed E-state index contributed by atoms with van der Waals surface area (Å²) in [5, 5.41) is 2.99. The van der Waals surface area contributed by atoms with Crippen molar-refractivity contribution in [2.45, 2.75) is 26.3 Å². The van der Waals surface area contributed by atoms with E-state index >= 15 is 0 Å². The van der Waals surface area contributed by atoms with Crippen molar-refractivity contribution in [3.63, 3.8) is 0 Å². The fraction of sp³-hybridized carbons (Fsp3) is 0.318. The molecule has 0 saturated carbocycles. The number of amides is 2. The van der Waals surface area contributed by atoms with Gasteiger partial charge in [0.15, 0.2) is 0 Å². The number of urea groups is 1. The van der Waals surface area contributed by atoms with Crippen LogP contribution < -0.4 is 10.1 Å². The van der Waals surface area contributed by atoms with E-state index in [2.05, 4.69) is 19.9 Å². The summed E-state index contributed by atoms with van der Waals surface area (Å²) >= 11 is 0. The maximum absolute atomic E-state index is 12.9. The van der Waals surface area contributed by atoms with Gasteiger partial charge in [-0.15, -0.1) is 0 Å². The minimum absolute atomic E-state index is 0.111. The van der Waals surface area contributed by atoms with Crippen molar-refractivity contribution in [2.24, 2.45) is 0 Å². The number of likely N-dealkylation sites (tertiary alicyclic amines) is 1. The molecule has 2 amide bonds. The maximum Gasteiger partial charge on any atom is 0.322 e. The highest BCUT2D eigenvalue weighted by molar-refractivity contribution is 5.91. The van der Waals surface area contributed by atoms with Gasteiger partial charge in [0.25, 0.3) is 0 Å². The molecule has 1 fully saturated rings.